The van der Waals surface area contributed by atoms with Crippen LogP contribution in [0.2, 0.25) is 0 Å². The monoisotopic (exact) mass is 574 g/mol. The van der Waals surface area contributed by atoms with Crippen molar-refractivity contribution in [3.8, 4) is 0 Å². The number of nitrogens with zero attached hydrogens (tertiary/aromatic N) is 6. The maximum Gasteiger partial charge on any atom is 0.303 e. The molecule has 0 radical (unpaired) electrons. The molecule has 1 fully saturated rings. The lowest BCUT2D eigenvalue weighted by Gasteiger charge is -2.16. The van der Waals surface area contributed by atoms with Gasteiger partial charge < -0.3 is 0 Å². The molecule has 9 nitrogen and oxygen atoms in total. The zero-order valence-electron chi connectivity index (χ0n) is 25.0. The van der Waals surface area contributed by atoms with Gasteiger partial charge in [0, 0.05) is 13.8 Å². The summed E-state index contributed by atoms with van der Waals surface area (Å²) in [6, 6.07) is 28.1. The second kappa shape index (κ2) is 9.04. The maximum atomic E-state index is 15.3. The Morgan fingerprint density at radius 1 is 0.558 bits per heavy atom. The van der Waals surface area contributed by atoms with Crippen molar-refractivity contribution >= 4 is 51.9 Å². The highest BCUT2D eigenvalue weighted by Crippen LogP contribution is 2.84. The van der Waals surface area contributed by atoms with Gasteiger partial charge in [0.05, 0.1) is 11.4 Å². The van der Waals surface area contributed by atoms with Crippen LogP contribution in [0.15, 0.2) is 96.1 Å². The summed E-state index contributed by atoms with van der Waals surface area (Å²) in [7, 11) is 0. The van der Waals surface area contributed by atoms with Crippen LogP contribution in [0.3, 0.4) is 0 Å². The highest BCUT2D eigenvalue weighted by molar-refractivity contribution is 6.46. The molecule has 0 bridgehead atoms. The van der Waals surface area contributed by atoms with E-state index < -0.39 is 16.2 Å². The molecule has 0 N–H and O–H groups in total. The smallest absolute Gasteiger partial charge is 0.271 e. The Morgan fingerprint density at radius 3 is 1.30 bits per heavy atom. The molecular weight excluding hydrogens is 540 g/mol. The van der Waals surface area contributed by atoms with Crippen molar-refractivity contribution in [3.63, 3.8) is 0 Å². The molecule has 1 aliphatic carbocycles. The molecule has 1 saturated carbocycles. The number of para-hydroxylation sites is 3. The van der Waals surface area contributed by atoms with E-state index in [-0.39, 0.29) is 17.7 Å². The third-order valence-corrected chi connectivity index (χ3v) is 9.90. The number of benzene rings is 3. The summed E-state index contributed by atoms with van der Waals surface area (Å²) >= 11 is 0. The molecule has 7 rings (SSSR count). The molecule has 3 aromatic rings. The SMILES string of the molecule is CC[N+]1=C(C)C2(C(=O)N1c1ccccc1)C1(C(=O)N(c3ccccc3)N=C1C)C21C(=O)N(c2ccccc2)[N+](CC)=C1C. The molecule has 216 valence electrons. The summed E-state index contributed by atoms with van der Waals surface area (Å²) < 4.78 is 3.84. The van der Waals surface area contributed by atoms with Gasteiger partial charge in [-0.25, -0.2) is 0 Å². The van der Waals surface area contributed by atoms with Gasteiger partial charge in [-0.15, -0.1) is 9.37 Å². The first-order valence-corrected chi connectivity index (χ1v) is 14.8. The fourth-order valence-electron chi connectivity index (χ4n) is 8.42. The molecule has 3 spiro atoms. The van der Waals surface area contributed by atoms with Crippen molar-refractivity contribution in [2.24, 2.45) is 21.3 Å². The third-order valence-electron chi connectivity index (χ3n) is 9.90. The number of hydrazone groups is 3. The van der Waals surface area contributed by atoms with Crippen LogP contribution in [0.25, 0.3) is 0 Å². The van der Waals surface area contributed by atoms with Gasteiger partial charge in [-0.3, -0.25) is 14.4 Å². The predicted molar refractivity (Wildman–Crippen MR) is 165 cm³/mol. The van der Waals surface area contributed by atoms with Gasteiger partial charge in [0.2, 0.25) is 0 Å². The minimum absolute atomic E-state index is 0.297. The van der Waals surface area contributed by atoms with Gasteiger partial charge in [0.25, 0.3) is 5.91 Å². The summed E-state index contributed by atoms with van der Waals surface area (Å²) in [4.78, 5) is 45.7. The molecular formula is C34H34N6O3+2. The first-order valence-electron chi connectivity index (χ1n) is 14.8. The molecule has 4 aliphatic rings. The standard InChI is InChI=1S/C34H34N6O3/c1-6-36-24(4)33(30(42)39(36)27-19-13-9-14-20-27)32(23(3)35-38(29(32)41)26-17-11-8-12-18-26)34(33)25(5)37(7-2)40(31(34)43)28-21-15-10-16-22-28/h8-22H,6-7H2,1-5H3/q+2. The molecule has 3 heterocycles. The number of hydrogen-bond acceptors (Lipinski definition) is 4. The zero-order valence-corrected chi connectivity index (χ0v) is 25.0. The number of carbonyl (C=O) groups excluding carboxylic acids is 3. The molecule has 0 aromatic heterocycles. The Labute approximate surface area is 250 Å². The number of hydrazine groups is 2. The average Bonchev–Trinajstić information content (AvgIpc) is 3.33. The second-order valence-electron chi connectivity index (χ2n) is 11.4. The normalized spacial score (nSPS) is 28.1. The van der Waals surface area contributed by atoms with Crippen molar-refractivity contribution in [1.82, 2.24) is 0 Å². The lowest BCUT2D eigenvalue weighted by Crippen LogP contribution is -2.41. The fourth-order valence-corrected chi connectivity index (χ4v) is 8.42. The van der Waals surface area contributed by atoms with E-state index in [1.54, 1.807) is 16.9 Å². The molecule has 3 aliphatic heterocycles. The lowest BCUT2D eigenvalue weighted by atomic mass is 9.85. The first kappa shape index (κ1) is 26.9. The molecule has 3 aromatic carbocycles. The van der Waals surface area contributed by atoms with Gasteiger partial charge in [-0.1, -0.05) is 64.6 Å². The molecule has 9 heteroatoms. The summed E-state index contributed by atoms with van der Waals surface area (Å²) in [5.74, 6) is -0.961. The van der Waals surface area contributed by atoms with Crippen LogP contribution in [-0.2, 0) is 14.4 Å². The van der Waals surface area contributed by atoms with Gasteiger partial charge >= 0.3 is 11.8 Å². The van der Waals surface area contributed by atoms with E-state index in [0.29, 0.717) is 47.3 Å². The van der Waals surface area contributed by atoms with E-state index in [4.69, 9.17) is 5.10 Å². The summed E-state index contributed by atoms with van der Waals surface area (Å²) in [6.07, 6.45) is 0. The maximum absolute atomic E-state index is 15.3. The zero-order chi connectivity index (χ0) is 30.3. The highest BCUT2D eigenvalue weighted by atomic mass is 16.2. The van der Waals surface area contributed by atoms with Crippen LogP contribution in [0, 0.1) is 16.2 Å². The number of hydrogen-bond donors (Lipinski definition) is 0. The number of rotatable bonds is 5. The number of fused-ring (bicyclic) bond motifs is 3. The predicted octanol–water partition coefficient (Wildman–Crippen LogP) is 4.29. The van der Waals surface area contributed by atoms with Crippen LogP contribution in [-0.4, -0.2) is 57.3 Å². The summed E-state index contributed by atoms with van der Waals surface area (Å²) in [5, 5.41) is 9.51. The van der Waals surface area contributed by atoms with Crippen LogP contribution >= 0.6 is 0 Å². The number of carbonyl (C=O) groups is 3. The first-order chi connectivity index (χ1) is 20.8. The second-order valence-corrected chi connectivity index (χ2v) is 11.4. The van der Waals surface area contributed by atoms with Crippen molar-refractivity contribution < 1.29 is 23.8 Å². The van der Waals surface area contributed by atoms with Crippen LogP contribution in [0.4, 0.5) is 17.1 Å². The van der Waals surface area contributed by atoms with E-state index in [2.05, 4.69) is 0 Å². The average molecular weight is 575 g/mol. The quantitative estimate of drug-likeness (QED) is 0.427. The van der Waals surface area contributed by atoms with Crippen molar-refractivity contribution in [3.05, 3.63) is 91.0 Å². The molecule has 0 saturated heterocycles. The van der Waals surface area contributed by atoms with Crippen molar-refractivity contribution in [2.45, 2.75) is 34.6 Å². The van der Waals surface area contributed by atoms with Crippen LogP contribution < -0.4 is 15.0 Å². The van der Waals surface area contributed by atoms with Crippen molar-refractivity contribution in [1.29, 1.82) is 0 Å². The third kappa shape index (κ3) is 2.78. The Kier molecular flexibility index (Phi) is 5.66. The van der Waals surface area contributed by atoms with Crippen LogP contribution in [0.1, 0.15) is 34.6 Å². The number of amides is 3. The Bertz CT molecular complexity index is 1710. The minimum Gasteiger partial charge on any atom is -0.271 e. The summed E-state index contributed by atoms with van der Waals surface area (Å²) in [5.41, 5.74) is -0.843. The van der Waals surface area contributed by atoms with E-state index in [1.807, 2.05) is 128 Å². The van der Waals surface area contributed by atoms with Gasteiger partial charge in [-0.05, 0) is 57.2 Å². The lowest BCUT2D eigenvalue weighted by molar-refractivity contribution is -0.523. The highest BCUT2D eigenvalue weighted by Gasteiger charge is 3.09. The van der Waals surface area contributed by atoms with E-state index in [1.165, 1.54) is 5.01 Å². The van der Waals surface area contributed by atoms with E-state index in [9.17, 15) is 0 Å². The fraction of sp³-hybridized carbons (Fsp3) is 0.294. The van der Waals surface area contributed by atoms with E-state index >= 15 is 14.4 Å². The molecule has 2 atom stereocenters. The topological polar surface area (TPSA) is 79.3 Å². The Morgan fingerprint density at radius 2 is 0.930 bits per heavy atom. The van der Waals surface area contributed by atoms with Crippen LogP contribution in [0.5, 0.6) is 0 Å². The van der Waals surface area contributed by atoms with Gasteiger partial charge in [0.15, 0.2) is 35.3 Å². The Hall–Kier alpha value is -4.92. The van der Waals surface area contributed by atoms with Gasteiger partial charge in [0.1, 0.15) is 16.8 Å². The Balaban J connectivity index is 1.55. The van der Waals surface area contributed by atoms with Crippen molar-refractivity contribution in [2.75, 3.05) is 28.1 Å². The minimum atomic E-state index is -1.55. The molecule has 3 amide bonds. The molecule has 2 unspecified atom stereocenters. The van der Waals surface area contributed by atoms with E-state index in [0.717, 1.165) is 0 Å². The summed E-state index contributed by atoms with van der Waals surface area (Å²) in [6.45, 7) is 10.5. The largest absolute Gasteiger partial charge is 0.303 e. The number of anilines is 3. The molecule has 43 heavy (non-hydrogen) atoms. The van der Waals surface area contributed by atoms with Gasteiger partial charge in [-0.2, -0.15) is 10.1 Å².